The molecular weight excluding hydrogens is 252 g/mol. The van der Waals surface area contributed by atoms with E-state index in [1.165, 1.54) is 21.6 Å². The molecule has 3 heteroatoms. The molecule has 2 nitrogen and oxygen atoms in total. The summed E-state index contributed by atoms with van der Waals surface area (Å²) in [5.41, 5.74) is 10.5. The second-order valence-corrected chi connectivity index (χ2v) is 6.39. The van der Waals surface area contributed by atoms with Crippen LogP contribution in [-0.2, 0) is 13.1 Å². The van der Waals surface area contributed by atoms with E-state index in [2.05, 4.69) is 54.5 Å². The van der Waals surface area contributed by atoms with E-state index in [0.717, 1.165) is 13.1 Å². The van der Waals surface area contributed by atoms with Crippen LogP contribution in [0.5, 0.6) is 0 Å². The molecule has 2 N–H and O–H groups in total. The predicted octanol–water partition coefficient (Wildman–Crippen LogP) is 3.46. The minimum Gasteiger partial charge on any atom is -0.326 e. The highest BCUT2D eigenvalue weighted by Gasteiger charge is 2.30. The van der Waals surface area contributed by atoms with Gasteiger partial charge in [0.15, 0.2) is 0 Å². The van der Waals surface area contributed by atoms with Crippen LogP contribution in [-0.4, -0.2) is 10.9 Å². The molecule has 3 rings (SSSR count). The summed E-state index contributed by atoms with van der Waals surface area (Å²) >= 11 is 1.83. The van der Waals surface area contributed by atoms with Crippen molar-refractivity contribution < 1.29 is 0 Å². The Labute approximate surface area is 118 Å². The standard InChI is InChI=1S/C16H20N2S/c1-11-7-8-19-16(11)15(12(2)17)18-9-13-5-3-4-6-14(13)10-18/h3-8,12,15H,9-10,17H2,1-2H3. The summed E-state index contributed by atoms with van der Waals surface area (Å²) in [7, 11) is 0. The van der Waals surface area contributed by atoms with Crippen molar-refractivity contribution in [3.8, 4) is 0 Å². The van der Waals surface area contributed by atoms with E-state index in [1.54, 1.807) is 0 Å². The Balaban J connectivity index is 1.90. The monoisotopic (exact) mass is 272 g/mol. The number of hydrogen-bond acceptors (Lipinski definition) is 3. The summed E-state index contributed by atoms with van der Waals surface area (Å²) in [5, 5.41) is 2.17. The maximum absolute atomic E-state index is 6.28. The number of benzene rings is 1. The molecule has 0 radical (unpaired) electrons. The Morgan fingerprint density at radius 2 is 1.79 bits per heavy atom. The van der Waals surface area contributed by atoms with Gasteiger partial charge >= 0.3 is 0 Å². The first-order valence-electron chi connectivity index (χ1n) is 6.77. The van der Waals surface area contributed by atoms with Crippen molar-refractivity contribution in [3.05, 3.63) is 57.3 Å². The SMILES string of the molecule is Cc1ccsc1C(C(C)N)N1Cc2ccccc2C1. The van der Waals surface area contributed by atoms with E-state index in [-0.39, 0.29) is 6.04 Å². The minimum absolute atomic E-state index is 0.145. The Hall–Kier alpha value is -1.16. The summed E-state index contributed by atoms with van der Waals surface area (Å²) in [6.45, 7) is 6.33. The third-order valence-electron chi connectivity index (χ3n) is 3.93. The van der Waals surface area contributed by atoms with Crippen molar-refractivity contribution in [1.82, 2.24) is 4.90 Å². The lowest BCUT2D eigenvalue weighted by molar-refractivity contribution is 0.180. The van der Waals surface area contributed by atoms with Crippen molar-refractivity contribution in [2.75, 3.05) is 0 Å². The van der Waals surface area contributed by atoms with Gasteiger partial charge in [-0.2, -0.15) is 0 Å². The van der Waals surface area contributed by atoms with Gasteiger partial charge in [-0.1, -0.05) is 24.3 Å². The zero-order chi connectivity index (χ0) is 13.4. The zero-order valence-electron chi connectivity index (χ0n) is 11.5. The Morgan fingerprint density at radius 1 is 1.16 bits per heavy atom. The molecule has 0 spiro atoms. The fraction of sp³-hybridized carbons (Fsp3) is 0.375. The summed E-state index contributed by atoms with van der Waals surface area (Å²) in [4.78, 5) is 3.93. The van der Waals surface area contributed by atoms with E-state index in [1.807, 2.05) is 11.3 Å². The van der Waals surface area contributed by atoms with E-state index in [0.29, 0.717) is 6.04 Å². The van der Waals surface area contributed by atoms with Gasteiger partial charge in [0.1, 0.15) is 0 Å². The second-order valence-electron chi connectivity index (χ2n) is 5.45. The average Bonchev–Trinajstić information content (AvgIpc) is 2.96. The van der Waals surface area contributed by atoms with Crippen molar-refractivity contribution in [1.29, 1.82) is 0 Å². The smallest absolute Gasteiger partial charge is 0.0599 e. The van der Waals surface area contributed by atoms with Crippen LogP contribution in [0.1, 0.15) is 34.5 Å². The molecule has 0 saturated carbocycles. The largest absolute Gasteiger partial charge is 0.326 e. The molecule has 2 heterocycles. The highest BCUT2D eigenvalue weighted by molar-refractivity contribution is 7.10. The van der Waals surface area contributed by atoms with Gasteiger partial charge < -0.3 is 5.73 Å². The lowest BCUT2D eigenvalue weighted by Crippen LogP contribution is -2.36. The predicted molar refractivity (Wildman–Crippen MR) is 81.1 cm³/mol. The molecule has 0 fully saturated rings. The Bertz CT molecular complexity index is 549. The third-order valence-corrected chi connectivity index (χ3v) is 5.02. The van der Waals surface area contributed by atoms with E-state index < -0.39 is 0 Å². The van der Waals surface area contributed by atoms with E-state index in [9.17, 15) is 0 Å². The molecule has 0 bridgehead atoms. The second kappa shape index (κ2) is 5.08. The van der Waals surface area contributed by atoms with E-state index in [4.69, 9.17) is 5.73 Å². The van der Waals surface area contributed by atoms with Crippen LogP contribution in [0.2, 0.25) is 0 Å². The van der Waals surface area contributed by atoms with Gasteiger partial charge in [0.25, 0.3) is 0 Å². The molecule has 1 aliphatic heterocycles. The van der Waals surface area contributed by atoms with Gasteiger partial charge in [-0.05, 0) is 42.0 Å². The summed E-state index contributed by atoms with van der Waals surface area (Å²) in [6, 6.07) is 11.4. The third kappa shape index (κ3) is 2.34. The maximum atomic E-state index is 6.28. The van der Waals surface area contributed by atoms with Gasteiger partial charge in [0, 0.05) is 24.0 Å². The van der Waals surface area contributed by atoms with Crippen molar-refractivity contribution in [2.45, 2.75) is 39.0 Å². The van der Waals surface area contributed by atoms with Crippen molar-refractivity contribution in [2.24, 2.45) is 5.73 Å². The fourth-order valence-electron chi connectivity index (χ4n) is 2.98. The molecule has 100 valence electrons. The van der Waals surface area contributed by atoms with Gasteiger partial charge in [-0.25, -0.2) is 0 Å². The molecule has 19 heavy (non-hydrogen) atoms. The van der Waals surface area contributed by atoms with Crippen LogP contribution < -0.4 is 5.73 Å². The number of fused-ring (bicyclic) bond motifs is 1. The molecule has 0 aliphatic carbocycles. The number of nitrogens with zero attached hydrogens (tertiary/aromatic N) is 1. The molecule has 1 aliphatic rings. The van der Waals surface area contributed by atoms with Gasteiger partial charge in [0.05, 0.1) is 6.04 Å². The van der Waals surface area contributed by atoms with Gasteiger partial charge in [0.2, 0.25) is 0 Å². The van der Waals surface area contributed by atoms with Crippen LogP contribution in [0.3, 0.4) is 0 Å². The van der Waals surface area contributed by atoms with Crippen LogP contribution in [0, 0.1) is 6.92 Å². The molecule has 2 aromatic rings. The molecule has 0 saturated heterocycles. The van der Waals surface area contributed by atoms with Gasteiger partial charge in [-0.3, -0.25) is 4.90 Å². The first-order chi connectivity index (χ1) is 9.16. The minimum atomic E-state index is 0.145. The van der Waals surface area contributed by atoms with Crippen LogP contribution in [0.4, 0.5) is 0 Å². The van der Waals surface area contributed by atoms with Gasteiger partial charge in [-0.15, -0.1) is 11.3 Å². The first kappa shape index (κ1) is 12.9. The molecule has 1 aromatic carbocycles. The van der Waals surface area contributed by atoms with Crippen molar-refractivity contribution >= 4 is 11.3 Å². The van der Waals surface area contributed by atoms with Crippen LogP contribution >= 0.6 is 11.3 Å². The molecular formula is C16H20N2S. The summed E-state index contributed by atoms with van der Waals surface area (Å²) in [6.07, 6.45) is 0. The van der Waals surface area contributed by atoms with Crippen molar-refractivity contribution in [3.63, 3.8) is 0 Å². The lowest BCUT2D eigenvalue weighted by Gasteiger charge is -2.30. The molecule has 0 amide bonds. The number of rotatable bonds is 3. The normalized spacial score (nSPS) is 18.3. The molecule has 1 aromatic heterocycles. The number of nitrogens with two attached hydrogens (primary N) is 1. The number of hydrogen-bond donors (Lipinski definition) is 1. The Morgan fingerprint density at radius 3 is 2.26 bits per heavy atom. The maximum Gasteiger partial charge on any atom is 0.0599 e. The summed E-state index contributed by atoms with van der Waals surface area (Å²) in [5.74, 6) is 0. The summed E-state index contributed by atoms with van der Waals surface area (Å²) < 4.78 is 0. The number of aryl methyl sites for hydroxylation is 1. The molecule has 2 unspecified atom stereocenters. The van der Waals surface area contributed by atoms with E-state index >= 15 is 0 Å². The lowest BCUT2D eigenvalue weighted by atomic mass is 10.0. The Kier molecular flexibility index (Phi) is 3.44. The quantitative estimate of drug-likeness (QED) is 0.927. The highest BCUT2D eigenvalue weighted by atomic mass is 32.1. The van der Waals surface area contributed by atoms with Crippen LogP contribution in [0.25, 0.3) is 0 Å². The number of thiophene rings is 1. The first-order valence-corrected chi connectivity index (χ1v) is 7.65. The zero-order valence-corrected chi connectivity index (χ0v) is 12.3. The highest BCUT2D eigenvalue weighted by Crippen LogP contribution is 2.36. The molecule has 2 atom stereocenters. The topological polar surface area (TPSA) is 29.3 Å². The van der Waals surface area contributed by atoms with Crippen LogP contribution in [0.15, 0.2) is 35.7 Å². The fourth-order valence-corrected chi connectivity index (χ4v) is 4.16. The average molecular weight is 272 g/mol.